The molecule has 5 nitrogen and oxygen atoms in total. The van der Waals surface area contributed by atoms with Crippen molar-refractivity contribution in [3.8, 4) is 0 Å². The van der Waals surface area contributed by atoms with Crippen molar-refractivity contribution in [2.45, 2.75) is 24.5 Å². The third-order valence-electron chi connectivity index (χ3n) is 2.22. The SMILES string of the molecule is C=CC(O)N1CC(O)C(O)C(O)C1. The van der Waals surface area contributed by atoms with E-state index in [1.165, 1.54) is 11.0 Å². The minimum absolute atomic E-state index is 0.130. The van der Waals surface area contributed by atoms with E-state index in [-0.39, 0.29) is 13.1 Å². The minimum Gasteiger partial charge on any atom is -0.389 e. The minimum atomic E-state index is -1.13. The van der Waals surface area contributed by atoms with Crippen molar-refractivity contribution in [1.82, 2.24) is 4.90 Å². The van der Waals surface area contributed by atoms with Crippen LogP contribution in [0.3, 0.4) is 0 Å². The number of hydrogen-bond acceptors (Lipinski definition) is 5. The Bertz CT molecular complexity index is 175. The van der Waals surface area contributed by atoms with Crippen LogP contribution in [-0.4, -0.2) is 63.0 Å². The summed E-state index contributed by atoms with van der Waals surface area (Å²) >= 11 is 0. The summed E-state index contributed by atoms with van der Waals surface area (Å²) in [6.07, 6.45) is -2.78. The van der Waals surface area contributed by atoms with Crippen molar-refractivity contribution >= 4 is 0 Å². The van der Waals surface area contributed by atoms with Crippen LogP contribution < -0.4 is 0 Å². The van der Waals surface area contributed by atoms with Crippen LogP contribution in [0.25, 0.3) is 0 Å². The molecule has 0 amide bonds. The van der Waals surface area contributed by atoms with Gasteiger partial charge in [-0.25, -0.2) is 0 Å². The molecule has 0 radical (unpaired) electrons. The Morgan fingerprint density at radius 3 is 2.08 bits per heavy atom. The molecule has 1 heterocycles. The summed E-state index contributed by atoms with van der Waals surface area (Å²) in [4.78, 5) is 1.44. The zero-order valence-corrected chi connectivity index (χ0v) is 7.24. The van der Waals surface area contributed by atoms with E-state index in [0.29, 0.717) is 0 Å². The molecule has 0 aliphatic carbocycles. The highest BCUT2D eigenvalue weighted by molar-refractivity contribution is 4.90. The van der Waals surface area contributed by atoms with E-state index in [0.717, 1.165) is 0 Å². The molecule has 4 N–H and O–H groups in total. The van der Waals surface area contributed by atoms with Gasteiger partial charge < -0.3 is 20.4 Å². The van der Waals surface area contributed by atoms with Gasteiger partial charge >= 0.3 is 0 Å². The molecule has 0 aromatic carbocycles. The molecule has 0 bridgehead atoms. The van der Waals surface area contributed by atoms with Gasteiger partial charge in [-0.05, 0) is 6.08 Å². The number of likely N-dealkylation sites (tertiary alicyclic amines) is 1. The van der Waals surface area contributed by atoms with Gasteiger partial charge in [0.15, 0.2) is 0 Å². The molecule has 0 saturated carbocycles. The average molecular weight is 189 g/mol. The lowest BCUT2D eigenvalue weighted by Gasteiger charge is -2.38. The lowest BCUT2D eigenvalue weighted by atomic mass is 10.0. The highest BCUT2D eigenvalue weighted by Gasteiger charge is 2.34. The second kappa shape index (κ2) is 4.17. The van der Waals surface area contributed by atoms with Gasteiger partial charge in [0, 0.05) is 13.1 Å². The van der Waals surface area contributed by atoms with Crippen LogP contribution in [-0.2, 0) is 0 Å². The smallest absolute Gasteiger partial charge is 0.126 e. The Balaban J connectivity index is 2.57. The number of hydrogen-bond donors (Lipinski definition) is 4. The predicted octanol–water partition coefficient (Wildman–Crippen LogP) is -2.11. The number of piperidine rings is 1. The molecule has 76 valence electrons. The molecule has 1 saturated heterocycles. The maximum absolute atomic E-state index is 9.31. The van der Waals surface area contributed by atoms with Crippen molar-refractivity contribution in [2.75, 3.05) is 13.1 Å². The number of rotatable bonds is 2. The second-order valence-corrected chi connectivity index (χ2v) is 3.23. The first-order chi connectivity index (χ1) is 6.06. The quantitative estimate of drug-likeness (QED) is 0.374. The van der Waals surface area contributed by atoms with Gasteiger partial charge in [0.25, 0.3) is 0 Å². The molecule has 0 spiro atoms. The zero-order valence-electron chi connectivity index (χ0n) is 7.24. The number of β-amino-alcohol motifs (C(OH)–C–C–N with tert-alkyl or cyclic N) is 2. The van der Waals surface area contributed by atoms with Crippen molar-refractivity contribution in [1.29, 1.82) is 0 Å². The van der Waals surface area contributed by atoms with Crippen LogP contribution in [0.5, 0.6) is 0 Å². The monoisotopic (exact) mass is 189 g/mol. The van der Waals surface area contributed by atoms with E-state index >= 15 is 0 Å². The molecule has 3 unspecified atom stereocenters. The van der Waals surface area contributed by atoms with Gasteiger partial charge in [0.1, 0.15) is 12.3 Å². The fourth-order valence-electron chi connectivity index (χ4n) is 1.39. The Kier molecular flexibility index (Phi) is 3.40. The van der Waals surface area contributed by atoms with Crippen LogP contribution >= 0.6 is 0 Å². The first-order valence-corrected chi connectivity index (χ1v) is 4.15. The molecule has 0 aromatic heterocycles. The Morgan fingerprint density at radius 2 is 1.69 bits per heavy atom. The Hall–Kier alpha value is -0.460. The molecule has 5 heteroatoms. The molecular weight excluding hydrogens is 174 g/mol. The van der Waals surface area contributed by atoms with E-state index in [9.17, 15) is 20.4 Å². The summed E-state index contributed by atoms with van der Waals surface area (Å²) in [5, 5.41) is 37.0. The fourth-order valence-corrected chi connectivity index (χ4v) is 1.39. The molecule has 1 fully saturated rings. The third kappa shape index (κ3) is 2.26. The third-order valence-corrected chi connectivity index (χ3v) is 2.22. The van der Waals surface area contributed by atoms with Crippen molar-refractivity contribution in [3.05, 3.63) is 12.7 Å². The maximum Gasteiger partial charge on any atom is 0.126 e. The summed E-state index contributed by atoms with van der Waals surface area (Å²) in [7, 11) is 0. The summed E-state index contributed by atoms with van der Waals surface area (Å²) < 4.78 is 0. The largest absolute Gasteiger partial charge is 0.389 e. The van der Waals surface area contributed by atoms with E-state index in [1.54, 1.807) is 0 Å². The van der Waals surface area contributed by atoms with E-state index in [4.69, 9.17) is 0 Å². The molecule has 1 aliphatic rings. The van der Waals surface area contributed by atoms with Gasteiger partial charge in [0.2, 0.25) is 0 Å². The zero-order chi connectivity index (χ0) is 10.0. The van der Waals surface area contributed by atoms with Crippen LogP contribution in [0.1, 0.15) is 0 Å². The van der Waals surface area contributed by atoms with E-state index in [1.807, 2.05) is 0 Å². The topological polar surface area (TPSA) is 84.2 Å². The number of aliphatic hydroxyl groups excluding tert-OH is 4. The maximum atomic E-state index is 9.31. The van der Waals surface area contributed by atoms with Crippen LogP contribution in [0.15, 0.2) is 12.7 Å². The second-order valence-electron chi connectivity index (χ2n) is 3.23. The summed E-state index contributed by atoms with van der Waals surface area (Å²) in [5.41, 5.74) is 0. The first kappa shape index (κ1) is 10.6. The van der Waals surface area contributed by atoms with Crippen molar-refractivity contribution in [2.24, 2.45) is 0 Å². The van der Waals surface area contributed by atoms with Gasteiger partial charge in [-0.3, -0.25) is 4.90 Å². The molecule has 1 aliphatic heterocycles. The summed E-state index contributed by atoms with van der Waals surface area (Å²) in [6, 6.07) is 0. The van der Waals surface area contributed by atoms with Crippen molar-refractivity contribution < 1.29 is 20.4 Å². The van der Waals surface area contributed by atoms with Gasteiger partial charge in [-0.2, -0.15) is 0 Å². The van der Waals surface area contributed by atoms with Gasteiger partial charge in [0.05, 0.1) is 12.2 Å². The molecule has 3 atom stereocenters. The molecule has 0 aromatic rings. The van der Waals surface area contributed by atoms with E-state index in [2.05, 4.69) is 6.58 Å². The number of nitrogens with zero attached hydrogens (tertiary/aromatic N) is 1. The molecule has 1 rings (SSSR count). The lowest BCUT2D eigenvalue weighted by molar-refractivity contribution is -0.134. The van der Waals surface area contributed by atoms with Gasteiger partial charge in [-0.1, -0.05) is 6.58 Å². The van der Waals surface area contributed by atoms with Crippen LogP contribution in [0.2, 0.25) is 0 Å². The first-order valence-electron chi connectivity index (χ1n) is 4.15. The van der Waals surface area contributed by atoms with E-state index < -0.39 is 24.5 Å². The summed E-state index contributed by atoms with van der Waals surface area (Å²) in [6.45, 7) is 3.65. The van der Waals surface area contributed by atoms with Crippen LogP contribution in [0, 0.1) is 0 Å². The standard InChI is InChI=1S/C8H15NO4/c1-2-7(12)9-3-5(10)8(13)6(11)4-9/h2,5-8,10-13H,1,3-4H2. The molecule has 13 heavy (non-hydrogen) atoms. The molecular formula is C8H15NO4. The number of aliphatic hydroxyl groups is 4. The lowest BCUT2D eigenvalue weighted by Crippen LogP contribution is -2.57. The Morgan fingerprint density at radius 1 is 1.23 bits per heavy atom. The highest BCUT2D eigenvalue weighted by atomic mass is 16.4. The van der Waals surface area contributed by atoms with Crippen LogP contribution in [0.4, 0.5) is 0 Å². The average Bonchev–Trinajstić information content (AvgIpc) is 2.12. The normalized spacial score (nSPS) is 38.6. The predicted molar refractivity (Wildman–Crippen MR) is 45.8 cm³/mol. The van der Waals surface area contributed by atoms with Crippen molar-refractivity contribution in [3.63, 3.8) is 0 Å². The highest BCUT2D eigenvalue weighted by Crippen LogP contribution is 2.13. The fraction of sp³-hybridized carbons (Fsp3) is 0.750. The van der Waals surface area contributed by atoms with Gasteiger partial charge in [-0.15, -0.1) is 0 Å². The summed E-state index contributed by atoms with van der Waals surface area (Å²) in [5.74, 6) is 0. The Labute approximate surface area is 76.5 Å².